The maximum atomic E-state index is 4.48. The van der Waals surface area contributed by atoms with Gasteiger partial charge in [-0.05, 0) is 18.4 Å². The molecule has 0 saturated heterocycles. The number of thiophene rings is 1. The van der Waals surface area contributed by atoms with Crippen LogP contribution in [0.2, 0.25) is 0 Å². The summed E-state index contributed by atoms with van der Waals surface area (Å²) in [6.45, 7) is 8.16. The number of aliphatic imine (C=N–C) groups is 1. The molecule has 0 fully saturated rings. The number of nitrogens with zero attached hydrogens (tertiary/aromatic N) is 1. The van der Waals surface area contributed by atoms with Gasteiger partial charge in [-0.3, -0.25) is 4.99 Å². The molecular weight excluding hydrogens is 345 g/mol. The molecular formula is C12H20IN3S. The molecule has 1 aromatic rings. The fourth-order valence-corrected chi connectivity index (χ4v) is 1.94. The van der Waals surface area contributed by atoms with Crippen molar-refractivity contribution in [1.82, 2.24) is 10.6 Å². The summed E-state index contributed by atoms with van der Waals surface area (Å²) in [7, 11) is 0. The van der Waals surface area contributed by atoms with Gasteiger partial charge < -0.3 is 10.6 Å². The maximum Gasteiger partial charge on any atom is 0.191 e. The summed E-state index contributed by atoms with van der Waals surface area (Å²) in [6, 6.07) is 4.22. The van der Waals surface area contributed by atoms with Gasteiger partial charge >= 0.3 is 0 Å². The normalized spacial score (nSPS) is 10.5. The van der Waals surface area contributed by atoms with Crippen LogP contribution >= 0.6 is 35.3 Å². The summed E-state index contributed by atoms with van der Waals surface area (Å²) in [4.78, 5) is 5.86. The predicted molar refractivity (Wildman–Crippen MR) is 87.6 cm³/mol. The fraction of sp³-hybridized carbons (Fsp3) is 0.417. The first-order valence-corrected chi connectivity index (χ1v) is 6.40. The molecule has 0 atom stereocenters. The Kier molecular flexibility index (Phi) is 10.2. The smallest absolute Gasteiger partial charge is 0.191 e. The van der Waals surface area contributed by atoms with Crippen molar-refractivity contribution in [3.8, 4) is 0 Å². The van der Waals surface area contributed by atoms with Crippen LogP contribution < -0.4 is 10.6 Å². The minimum Gasteiger partial charge on any atom is -0.357 e. The molecule has 0 saturated carbocycles. The second-order valence-corrected chi connectivity index (χ2v) is 4.29. The molecule has 1 rings (SSSR count). The van der Waals surface area contributed by atoms with E-state index in [1.165, 1.54) is 4.88 Å². The molecule has 5 heteroatoms. The largest absolute Gasteiger partial charge is 0.357 e. The van der Waals surface area contributed by atoms with Crippen molar-refractivity contribution in [2.75, 3.05) is 19.6 Å². The summed E-state index contributed by atoms with van der Waals surface area (Å²) in [5.74, 6) is 0.860. The Hall–Kier alpha value is -0.560. The SMILES string of the molecule is C=CCNC(=NCCc1cccs1)NCC.I. The van der Waals surface area contributed by atoms with E-state index in [-0.39, 0.29) is 24.0 Å². The molecule has 2 N–H and O–H groups in total. The summed E-state index contributed by atoms with van der Waals surface area (Å²) in [5.41, 5.74) is 0. The fourth-order valence-electron chi connectivity index (χ4n) is 1.24. The van der Waals surface area contributed by atoms with Crippen molar-refractivity contribution in [3.63, 3.8) is 0 Å². The molecule has 1 aromatic heterocycles. The van der Waals surface area contributed by atoms with Crippen LogP contribution in [0.4, 0.5) is 0 Å². The van der Waals surface area contributed by atoms with Crippen LogP contribution in [-0.2, 0) is 6.42 Å². The van der Waals surface area contributed by atoms with Gasteiger partial charge in [0.1, 0.15) is 0 Å². The highest BCUT2D eigenvalue weighted by molar-refractivity contribution is 14.0. The molecule has 0 aliphatic carbocycles. The zero-order chi connectivity index (χ0) is 11.6. The van der Waals surface area contributed by atoms with Gasteiger partial charge in [-0.15, -0.1) is 41.9 Å². The summed E-state index contributed by atoms with van der Waals surface area (Å²) >= 11 is 1.78. The summed E-state index contributed by atoms with van der Waals surface area (Å²) in [5, 5.41) is 8.46. The van der Waals surface area contributed by atoms with E-state index in [9.17, 15) is 0 Å². The number of rotatable bonds is 6. The summed E-state index contributed by atoms with van der Waals surface area (Å²) < 4.78 is 0. The van der Waals surface area contributed by atoms with E-state index in [4.69, 9.17) is 0 Å². The molecule has 3 nitrogen and oxygen atoms in total. The van der Waals surface area contributed by atoms with Gasteiger partial charge in [-0.2, -0.15) is 0 Å². The molecule has 0 aliphatic heterocycles. The van der Waals surface area contributed by atoms with Gasteiger partial charge in [0.15, 0.2) is 5.96 Å². The standard InChI is InChI=1S/C12H19N3S.HI/c1-3-8-14-12(13-4-2)15-9-7-11-6-5-10-16-11;/h3,5-6,10H,1,4,7-9H2,2H3,(H2,13,14,15);1H. The van der Waals surface area contributed by atoms with Crippen LogP contribution in [0.3, 0.4) is 0 Å². The lowest BCUT2D eigenvalue weighted by Crippen LogP contribution is -2.37. The molecule has 0 unspecified atom stereocenters. The third-order valence-corrected chi connectivity index (χ3v) is 2.90. The lowest BCUT2D eigenvalue weighted by atomic mass is 10.3. The average molecular weight is 365 g/mol. The number of hydrogen-bond donors (Lipinski definition) is 2. The van der Waals surface area contributed by atoms with Crippen molar-refractivity contribution in [2.45, 2.75) is 13.3 Å². The second-order valence-electron chi connectivity index (χ2n) is 3.26. The van der Waals surface area contributed by atoms with E-state index in [0.29, 0.717) is 0 Å². The summed E-state index contributed by atoms with van der Waals surface area (Å²) in [6.07, 6.45) is 2.83. The molecule has 0 radical (unpaired) electrons. The third-order valence-electron chi connectivity index (χ3n) is 1.97. The Bertz CT molecular complexity index is 323. The van der Waals surface area contributed by atoms with E-state index < -0.39 is 0 Å². The van der Waals surface area contributed by atoms with Crippen LogP contribution in [0, 0.1) is 0 Å². The van der Waals surface area contributed by atoms with Crippen molar-refractivity contribution >= 4 is 41.3 Å². The first-order valence-electron chi connectivity index (χ1n) is 5.52. The highest BCUT2D eigenvalue weighted by atomic mass is 127. The minimum absolute atomic E-state index is 0. The molecule has 0 amide bonds. The zero-order valence-electron chi connectivity index (χ0n) is 10.1. The molecule has 1 heterocycles. The monoisotopic (exact) mass is 365 g/mol. The second kappa shape index (κ2) is 10.6. The maximum absolute atomic E-state index is 4.48. The molecule has 96 valence electrons. The van der Waals surface area contributed by atoms with Crippen LogP contribution in [0.5, 0.6) is 0 Å². The molecule has 17 heavy (non-hydrogen) atoms. The number of hydrogen-bond acceptors (Lipinski definition) is 2. The Morgan fingerprint density at radius 3 is 2.94 bits per heavy atom. The van der Waals surface area contributed by atoms with E-state index in [2.05, 4.69) is 46.6 Å². The van der Waals surface area contributed by atoms with Crippen LogP contribution in [0.15, 0.2) is 35.2 Å². The molecule has 0 spiro atoms. The quantitative estimate of drug-likeness (QED) is 0.352. The van der Waals surface area contributed by atoms with Gasteiger partial charge in [0.25, 0.3) is 0 Å². The Morgan fingerprint density at radius 1 is 1.53 bits per heavy atom. The van der Waals surface area contributed by atoms with Crippen LogP contribution in [-0.4, -0.2) is 25.6 Å². The predicted octanol–water partition coefficient (Wildman–Crippen LogP) is 2.65. The Morgan fingerprint density at radius 2 is 2.35 bits per heavy atom. The number of halogens is 1. The highest BCUT2D eigenvalue weighted by Gasteiger charge is 1.95. The van der Waals surface area contributed by atoms with Crippen molar-refractivity contribution in [3.05, 3.63) is 35.0 Å². The van der Waals surface area contributed by atoms with E-state index in [0.717, 1.165) is 32.0 Å². The van der Waals surface area contributed by atoms with Gasteiger partial charge in [0, 0.05) is 30.9 Å². The van der Waals surface area contributed by atoms with Crippen molar-refractivity contribution in [1.29, 1.82) is 0 Å². The number of nitrogens with one attached hydrogen (secondary N) is 2. The van der Waals surface area contributed by atoms with E-state index in [1.54, 1.807) is 11.3 Å². The Labute approximate surface area is 124 Å². The lowest BCUT2D eigenvalue weighted by molar-refractivity contribution is 0.854. The molecule has 0 bridgehead atoms. The topological polar surface area (TPSA) is 36.4 Å². The van der Waals surface area contributed by atoms with Gasteiger partial charge in [0.2, 0.25) is 0 Å². The average Bonchev–Trinajstić information content (AvgIpc) is 2.79. The van der Waals surface area contributed by atoms with Crippen LogP contribution in [0.1, 0.15) is 11.8 Å². The lowest BCUT2D eigenvalue weighted by Gasteiger charge is -2.08. The first kappa shape index (κ1) is 16.4. The van der Waals surface area contributed by atoms with Crippen molar-refractivity contribution < 1.29 is 0 Å². The zero-order valence-corrected chi connectivity index (χ0v) is 13.3. The molecule has 0 aliphatic rings. The Balaban J connectivity index is 0.00000256. The minimum atomic E-state index is 0. The molecule has 0 aromatic carbocycles. The third kappa shape index (κ3) is 7.38. The highest BCUT2D eigenvalue weighted by Crippen LogP contribution is 2.08. The van der Waals surface area contributed by atoms with Crippen molar-refractivity contribution in [2.24, 2.45) is 4.99 Å². The number of guanidine groups is 1. The van der Waals surface area contributed by atoms with Gasteiger partial charge in [-0.25, -0.2) is 0 Å². The first-order chi connectivity index (χ1) is 7.86. The van der Waals surface area contributed by atoms with E-state index >= 15 is 0 Å². The van der Waals surface area contributed by atoms with Gasteiger partial charge in [0.05, 0.1) is 0 Å². The van der Waals surface area contributed by atoms with Gasteiger partial charge in [-0.1, -0.05) is 12.1 Å². The van der Waals surface area contributed by atoms with E-state index in [1.807, 2.05) is 6.08 Å². The van der Waals surface area contributed by atoms with Crippen LogP contribution in [0.25, 0.3) is 0 Å².